The van der Waals surface area contributed by atoms with Crippen molar-refractivity contribution in [2.75, 3.05) is 6.61 Å². The van der Waals surface area contributed by atoms with Crippen molar-refractivity contribution < 1.29 is 18.8 Å². The number of carbonyl (C=O) groups is 2. The van der Waals surface area contributed by atoms with E-state index in [2.05, 4.69) is 15.4 Å². The van der Waals surface area contributed by atoms with Crippen LogP contribution in [0.25, 0.3) is 0 Å². The van der Waals surface area contributed by atoms with Crippen LogP contribution < -0.4 is 0 Å². The Hall–Kier alpha value is -3.22. The van der Waals surface area contributed by atoms with Gasteiger partial charge < -0.3 is 9.26 Å². The Bertz CT molecular complexity index is 971. The average molecular weight is 365 g/mol. The van der Waals surface area contributed by atoms with Gasteiger partial charge in [0.1, 0.15) is 5.56 Å². The van der Waals surface area contributed by atoms with Gasteiger partial charge in [-0.1, -0.05) is 29.4 Å². The molecule has 1 aliphatic carbocycles. The Morgan fingerprint density at radius 1 is 1.26 bits per heavy atom. The van der Waals surface area contributed by atoms with Crippen LogP contribution in [0.4, 0.5) is 0 Å². The summed E-state index contributed by atoms with van der Waals surface area (Å²) in [5.41, 5.74) is 2.35. The molecule has 0 spiro atoms. The predicted octanol–water partition coefficient (Wildman–Crippen LogP) is 3.27. The van der Waals surface area contributed by atoms with Crippen molar-refractivity contribution in [2.24, 2.45) is 0 Å². The van der Waals surface area contributed by atoms with Crippen molar-refractivity contribution >= 4 is 11.8 Å². The Morgan fingerprint density at radius 3 is 2.78 bits per heavy atom. The van der Waals surface area contributed by atoms with Gasteiger partial charge in [0.2, 0.25) is 5.69 Å². The number of nitrogens with one attached hydrogen (secondary N) is 1. The molecule has 2 aromatic heterocycles. The quantitative estimate of drug-likeness (QED) is 0.510. The third-order valence-corrected chi connectivity index (χ3v) is 4.55. The van der Waals surface area contributed by atoms with Crippen molar-refractivity contribution in [2.45, 2.75) is 32.1 Å². The van der Waals surface area contributed by atoms with E-state index in [1.54, 1.807) is 25.3 Å². The molecule has 138 valence electrons. The lowest BCUT2D eigenvalue weighted by Crippen LogP contribution is -2.14. The molecule has 4 rings (SSSR count). The molecule has 0 amide bonds. The SMILES string of the molecule is CCOC(=O)c1noc(C2CC2)c1C(=O)c1ccccc1Cc1cc[nH]n1. The summed E-state index contributed by atoms with van der Waals surface area (Å²) in [6.07, 6.45) is 4.09. The lowest BCUT2D eigenvalue weighted by atomic mass is 9.94. The van der Waals surface area contributed by atoms with Crippen LogP contribution in [0.15, 0.2) is 41.1 Å². The number of ketones is 1. The zero-order valence-corrected chi connectivity index (χ0v) is 14.9. The van der Waals surface area contributed by atoms with E-state index in [-0.39, 0.29) is 29.6 Å². The first-order valence-corrected chi connectivity index (χ1v) is 8.97. The summed E-state index contributed by atoms with van der Waals surface area (Å²) in [4.78, 5) is 25.7. The summed E-state index contributed by atoms with van der Waals surface area (Å²) in [6, 6.07) is 9.18. The number of esters is 1. The Kier molecular flexibility index (Phi) is 4.58. The number of hydrogen-bond donors (Lipinski definition) is 1. The van der Waals surface area contributed by atoms with Gasteiger partial charge in [0.25, 0.3) is 0 Å². The Morgan fingerprint density at radius 2 is 2.07 bits per heavy atom. The van der Waals surface area contributed by atoms with Crippen molar-refractivity contribution in [1.82, 2.24) is 15.4 Å². The molecule has 0 atom stereocenters. The van der Waals surface area contributed by atoms with E-state index in [1.807, 2.05) is 18.2 Å². The van der Waals surface area contributed by atoms with Gasteiger partial charge in [-0.2, -0.15) is 5.10 Å². The first-order chi connectivity index (χ1) is 13.2. The van der Waals surface area contributed by atoms with Gasteiger partial charge in [0.05, 0.1) is 12.3 Å². The highest BCUT2D eigenvalue weighted by Gasteiger charge is 2.37. The van der Waals surface area contributed by atoms with Crippen LogP contribution in [0.1, 0.15) is 69.1 Å². The van der Waals surface area contributed by atoms with Crippen LogP contribution in [0.3, 0.4) is 0 Å². The summed E-state index contributed by atoms with van der Waals surface area (Å²) < 4.78 is 10.4. The van der Waals surface area contributed by atoms with Crippen LogP contribution >= 0.6 is 0 Å². The Balaban J connectivity index is 1.75. The molecule has 2 heterocycles. The van der Waals surface area contributed by atoms with Crippen molar-refractivity contribution in [3.63, 3.8) is 0 Å². The molecule has 3 aromatic rings. The summed E-state index contributed by atoms with van der Waals surface area (Å²) >= 11 is 0. The molecule has 0 unspecified atom stereocenters. The number of carbonyl (C=O) groups excluding carboxylic acids is 2. The zero-order chi connectivity index (χ0) is 18.8. The Labute approximate surface area is 155 Å². The first-order valence-electron chi connectivity index (χ1n) is 8.97. The summed E-state index contributed by atoms with van der Waals surface area (Å²) in [5.74, 6) is -0.288. The molecule has 1 aliphatic rings. The van der Waals surface area contributed by atoms with E-state index < -0.39 is 5.97 Å². The lowest BCUT2D eigenvalue weighted by molar-refractivity contribution is 0.0512. The highest BCUT2D eigenvalue weighted by molar-refractivity contribution is 6.15. The normalized spacial score (nSPS) is 13.5. The van der Waals surface area contributed by atoms with Crippen LogP contribution in [0.5, 0.6) is 0 Å². The standard InChI is InChI=1S/C20H19N3O4/c1-2-26-20(25)17-16(19(27-23-17)12-7-8-12)18(24)15-6-4-3-5-13(15)11-14-9-10-21-22-14/h3-6,9-10,12H,2,7-8,11H2,1H3,(H,21,22). The molecule has 7 nitrogen and oxygen atoms in total. The van der Waals surface area contributed by atoms with Gasteiger partial charge in [0.15, 0.2) is 11.5 Å². The molecule has 7 heteroatoms. The zero-order valence-electron chi connectivity index (χ0n) is 14.9. The molecule has 0 saturated heterocycles. The lowest BCUT2D eigenvalue weighted by Gasteiger charge is -2.08. The number of aromatic amines is 1. The van der Waals surface area contributed by atoms with Crippen LogP contribution in [0.2, 0.25) is 0 Å². The number of rotatable bonds is 7. The van der Waals surface area contributed by atoms with Gasteiger partial charge in [-0.3, -0.25) is 9.89 Å². The van der Waals surface area contributed by atoms with E-state index >= 15 is 0 Å². The minimum Gasteiger partial charge on any atom is -0.461 e. The number of H-pyrrole nitrogens is 1. The van der Waals surface area contributed by atoms with Crippen LogP contribution in [0, 0.1) is 0 Å². The molecule has 27 heavy (non-hydrogen) atoms. The van der Waals surface area contributed by atoms with Gasteiger partial charge in [-0.25, -0.2) is 4.79 Å². The maximum Gasteiger partial charge on any atom is 0.361 e. The smallest absolute Gasteiger partial charge is 0.361 e. The third kappa shape index (κ3) is 3.40. The summed E-state index contributed by atoms with van der Waals surface area (Å²) in [7, 11) is 0. The number of aromatic nitrogens is 3. The molecular weight excluding hydrogens is 346 g/mol. The average Bonchev–Trinajstić information content (AvgIpc) is 3.21. The van der Waals surface area contributed by atoms with Crippen molar-refractivity contribution in [3.05, 3.63) is 70.4 Å². The van der Waals surface area contributed by atoms with Gasteiger partial charge in [-0.15, -0.1) is 0 Å². The van der Waals surface area contributed by atoms with Crippen LogP contribution in [-0.4, -0.2) is 33.7 Å². The molecule has 0 aliphatic heterocycles. The molecule has 1 saturated carbocycles. The summed E-state index contributed by atoms with van der Waals surface area (Å²) in [5, 5.41) is 10.8. The van der Waals surface area contributed by atoms with E-state index in [0.29, 0.717) is 17.7 Å². The van der Waals surface area contributed by atoms with Gasteiger partial charge >= 0.3 is 5.97 Å². The van der Waals surface area contributed by atoms with E-state index in [9.17, 15) is 9.59 Å². The second kappa shape index (κ2) is 7.19. The molecule has 1 N–H and O–H groups in total. The van der Waals surface area contributed by atoms with E-state index in [4.69, 9.17) is 9.26 Å². The third-order valence-electron chi connectivity index (χ3n) is 4.55. The molecule has 1 fully saturated rings. The number of nitrogens with zero attached hydrogens (tertiary/aromatic N) is 2. The van der Waals surface area contributed by atoms with Gasteiger partial charge in [-0.05, 0) is 31.4 Å². The first kappa shape index (κ1) is 17.2. The maximum absolute atomic E-state index is 13.4. The highest BCUT2D eigenvalue weighted by atomic mass is 16.5. The number of benzene rings is 1. The van der Waals surface area contributed by atoms with Crippen LogP contribution in [-0.2, 0) is 11.2 Å². The fraction of sp³-hybridized carbons (Fsp3) is 0.300. The number of hydrogen-bond acceptors (Lipinski definition) is 6. The van der Waals surface area contributed by atoms with Gasteiger partial charge in [0, 0.05) is 24.1 Å². The number of ether oxygens (including phenoxy) is 1. The van der Waals surface area contributed by atoms with Crippen molar-refractivity contribution in [1.29, 1.82) is 0 Å². The minimum atomic E-state index is -0.638. The largest absolute Gasteiger partial charge is 0.461 e. The molecule has 0 radical (unpaired) electrons. The predicted molar refractivity (Wildman–Crippen MR) is 95.7 cm³/mol. The monoisotopic (exact) mass is 365 g/mol. The maximum atomic E-state index is 13.4. The van der Waals surface area contributed by atoms with Crippen molar-refractivity contribution in [3.8, 4) is 0 Å². The fourth-order valence-electron chi connectivity index (χ4n) is 3.10. The van der Waals surface area contributed by atoms with E-state index in [0.717, 1.165) is 24.1 Å². The fourth-order valence-corrected chi connectivity index (χ4v) is 3.10. The highest BCUT2D eigenvalue weighted by Crippen LogP contribution is 2.43. The molecule has 1 aromatic carbocycles. The summed E-state index contributed by atoms with van der Waals surface area (Å²) in [6.45, 7) is 1.91. The topological polar surface area (TPSA) is 98.1 Å². The second-order valence-electron chi connectivity index (χ2n) is 6.49. The minimum absolute atomic E-state index is 0.0432. The molecular formula is C20H19N3O4. The molecule has 0 bridgehead atoms. The van der Waals surface area contributed by atoms with E-state index in [1.165, 1.54) is 0 Å². The second-order valence-corrected chi connectivity index (χ2v) is 6.49.